The summed E-state index contributed by atoms with van der Waals surface area (Å²) in [7, 11) is 1.67. The van der Waals surface area contributed by atoms with Crippen LogP contribution in [0.2, 0.25) is 0 Å². The molecule has 0 spiro atoms. The smallest absolute Gasteiger partial charge is 0.216 e. The van der Waals surface area contributed by atoms with Gasteiger partial charge in [-0.05, 0) is 42.3 Å². The van der Waals surface area contributed by atoms with Gasteiger partial charge in [-0.15, -0.1) is 0 Å². The van der Waals surface area contributed by atoms with Crippen LogP contribution >= 0.6 is 0 Å². The highest BCUT2D eigenvalue weighted by molar-refractivity contribution is 5.94. The van der Waals surface area contributed by atoms with Crippen LogP contribution in [0.15, 0.2) is 48.5 Å². The minimum absolute atomic E-state index is 0.0189. The van der Waals surface area contributed by atoms with Gasteiger partial charge in [0.05, 0.1) is 18.5 Å². The van der Waals surface area contributed by atoms with Gasteiger partial charge in [0.2, 0.25) is 5.91 Å². The summed E-state index contributed by atoms with van der Waals surface area (Å²) in [6.45, 7) is 2.13. The first-order chi connectivity index (χ1) is 12.7. The summed E-state index contributed by atoms with van der Waals surface area (Å²) >= 11 is 0. The van der Waals surface area contributed by atoms with Gasteiger partial charge in [-0.1, -0.05) is 18.2 Å². The summed E-state index contributed by atoms with van der Waals surface area (Å²) in [4.78, 5) is 18.3. The fourth-order valence-corrected chi connectivity index (χ4v) is 3.41. The highest BCUT2D eigenvalue weighted by Gasteiger charge is 2.15. The lowest BCUT2D eigenvalue weighted by molar-refractivity contribution is -0.118. The second-order valence-electron chi connectivity index (χ2n) is 6.39. The van der Waals surface area contributed by atoms with Crippen LogP contribution in [0.3, 0.4) is 0 Å². The van der Waals surface area contributed by atoms with Crippen molar-refractivity contribution >= 4 is 27.7 Å². The first kappa shape index (κ1) is 16.3. The summed E-state index contributed by atoms with van der Waals surface area (Å²) in [5.41, 5.74) is 5.41. The summed E-state index contributed by atoms with van der Waals surface area (Å²) in [5.74, 6) is 0.801. The number of methoxy groups -OCH3 is 1. The molecule has 132 valence electrons. The Bertz CT molecular complexity index is 1060. The predicted molar refractivity (Wildman–Crippen MR) is 105 cm³/mol. The second kappa shape index (κ2) is 6.59. The number of rotatable bonds is 5. The van der Waals surface area contributed by atoms with Crippen molar-refractivity contribution in [1.29, 1.82) is 0 Å². The molecule has 0 saturated heterocycles. The fourth-order valence-electron chi connectivity index (χ4n) is 3.41. The minimum Gasteiger partial charge on any atom is -0.497 e. The Balaban J connectivity index is 1.84. The highest BCUT2D eigenvalue weighted by atomic mass is 16.5. The van der Waals surface area contributed by atoms with Crippen LogP contribution in [0.4, 0.5) is 0 Å². The third-order valence-electron chi connectivity index (χ3n) is 4.66. The Hall–Kier alpha value is -3.21. The lowest BCUT2D eigenvalue weighted by atomic mass is 10.1. The van der Waals surface area contributed by atoms with Gasteiger partial charge in [0.1, 0.15) is 5.75 Å². The number of hydrogen-bond donors (Lipinski definition) is 3. The molecule has 0 unspecified atom stereocenters. The van der Waals surface area contributed by atoms with E-state index in [9.17, 15) is 4.79 Å². The first-order valence-electron chi connectivity index (χ1n) is 8.67. The molecule has 5 heteroatoms. The van der Waals surface area contributed by atoms with Crippen LogP contribution in [-0.2, 0) is 11.2 Å². The van der Waals surface area contributed by atoms with Gasteiger partial charge in [-0.25, -0.2) is 0 Å². The van der Waals surface area contributed by atoms with Crippen LogP contribution in [0.5, 0.6) is 5.75 Å². The summed E-state index contributed by atoms with van der Waals surface area (Å²) < 4.78 is 5.39. The van der Waals surface area contributed by atoms with Crippen molar-refractivity contribution < 1.29 is 9.53 Å². The zero-order chi connectivity index (χ0) is 18.1. The molecular formula is C21H21N3O2. The number of H-pyrrole nitrogens is 2. The van der Waals surface area contributed by atoms with Gasteiger partial charge in [-0.2, -0.15) is 0 Å². The molecule has 2 aromatic carbocycles. The lowest BCUT2D eigenvalue weighted by Gasteiger charge is -2.05. The van der Waals surface area contributed by atoms with E-state index in [-0.39, 0.29) is 5.91 Å². The van der Waals surface area contributed by atoms with E-state index < -0.39 is 0 Å². The van der Waals surface area contributed by atoms with Gasteiger partial charge < -0.3 is 20.0 Å². The van der Waals surface area contributed by atoms with Crippen LogP contribution in [0, 0.1) is 0 Å². The molecule has 2 aromatic heterocycles. The predicted octanol–water partition coefficient (Wildman–Crippen LogP) is 4.00. The van der Waals surface area contributed by atoms with Crippen molar-refractivity contribution in [2.24, 2.45) is 0 Å². The van der Waals surface area contributed by atoms with E-state index in [0.717, 1.165) is 40.0 Å². The maximum Gasteiger partial charge on any atom is 0.216 e. The highest BCUT2D eigenvalue weighted by Crippen LogP contribution is 2.33. The molecule has 5 nitrogen and oxygen atoms in total. The average molecular weight is 347 g/mol. The number of carbonyl (C=O) groups is 1. The lowest BCUT2D eigenvalue weighted by Crippen LogP contribution is -2.22. The van der Waals surface area contributed by atoms with E-state index in [4.69, 9.17) is 4.74 Å². The van der Waals surface area contributed by atoms with Gasteiger partial charge in [0.15, 0.2) is 0 Å². The molecule has 0 aliphatic carbocycles. The Morgan fingerprint density at radius 2 is 1.92 bits per heavy atom. The van der Waals surface area contributed by atoms with Gasteiger partial charge in [-0.3, -0.25) is 4.79 Å². The van der Waals surface area contributed by atoms with Crippen LogP contribution < -0.4 is 10.1 Å². The number of ether oxygens (including phenoxy) is 1. The maximum atomic E-state index is 11.3. The van der Waals surface area contributed by atoms with Crippen molar-refractivity contribution in [3.8, 4) is 17.1 Å². The van der Waals surface area contributed by atoms with Crippen molar-refractivity contribution in [2.45, 2.75) is 13.3 Å². The monoisotopic (exact) mass is 347 g/mol. The molecule has 0 bridgehead atoms. The van der Waals surface area contributed by atoms with E-state index in [1.54, 1.807) is 7.11 Å². The Morgan fingerprint density at radius 1 is 1.08 bits per heavy atom. The average Bonchev–Trinajstić information content (AvgIpc) is 3.22. The zero-order valence-corrected chi connectivity index (χ0v) is 14.8. The Kier molecular flexibility index (Phi) is 4.13. The van der Waals surface area contributed by atoms with E-state index in [0.29, 0.717) is 6.54 Å². The molecule has 4 rings (SSSR count). The van der Waals surface area contributed by atoms with Crippen molar-refractivity contribution in [3.05, 3.63) is 54.1 Å². The number of benzene rings is 2. The van der Waals surface area contributed by atoms with Gasteiger partial charge >= 0.3 is 0 Å². The SMILES string of the molecule is COc1ccc2[nH]c(-c3cc4ccccc4[nH]3)c(CCNC(C)=O)c2c1. The van der Waals surface area contributed by atoms with E-state index >= 15 is 0 Å². The van der Waals surface area contributed by atoms with E-state index in [2.05, 4.69) is 33.5 Å². The third kappa shape index (κ3) is 2.92. The topological polar surface area (TPSA) is 69.9 Å². The molecule has 26 heavy (non-hydrogen) atoms. The number of aromatic amines is 2. The molecule has 0 fully saturated rings. The van der Waals surface area contributed by atoms with Crippen molar-refractivity contribution in [1.82, 2.24) is 15.3 Å². The van der Waals surface area contributed by atoms with Crippen molar-refractivity contribution in [3.63, 3.8) is 0 Å². The standard InChI is InChI=1S/C21H21N3O2/c1-13(25)22-10-9-16-17-12-15(26-2)7-8-19(17)24-21(16)20-11-14-5-3-4-6-18(14)23-20/h3-8,11-12,23-24H,9-10H2,1-2H3,(H,22,25). The number of amides is 1. The van der Waals surface area contributed by atoms with Crippen LogP contribution in [0.25, 0.3) is 33.2 Å². The van der Waals surface area contributed by atoms with Crippen LogP contribution in [-0.4, -0.2) is 29.5 Å². The third-order valence-corrected chi connectivity index (χ3v) is 4.66. The molecule has 0 radical (unpaired) electrons. The van der Waals surface area contributed by atoms with Gasteiger partial charge in [0, 0.05) is 35.3 Å². The minimum atomic E-state index is -0.0189. The summed E-state index contributed by atoms with van der Waals surface area (Å²) in [5, 5.41) is 5.18. The number of aromatic nitrogens is 2. The molecule has 0 saturated carbocycles. The fraction of sp³-hybridized carbons (Fsp3) is 0.190. The van der Waals surface area contributed by atoms with Crippen LogP contribution in [0.1, 0.15) is 12.5 Å². The number of nitrogens with one attached hydrogen (secondary N) is 3. The van der Waals surface area contributed by atoms with E-state index in [1.807, 2.05) is 30.3 Å². The molecule has 4 aromatic rings. The molecule has 3 N–H and O–H groups in total. The quantitative estimate of drug-likeness (QED) is 0.511. The number of hydrogen-bond acceptors (Lipinski definition) is 2. The summed E-state index contributed by atoms with van der Waals surface area (Å²) in [6, 6.07) is 16.4. The zero-order valence-electron chi connectivity index (χ0n) is 14.8. The molecule has 1 amide bonds. The Labute approximate surface area is 151 Å². The summed E-state index contributed by atoms with van der Waals surface area (Å²) in [6.07, 6.45) is 0.734. The molecule has 0 aliphatic heterocycles. The molecular weight excluding hydrogens is 326 g/mol. The number of para-hydroxylation sites is 1. The second-order valence-corrected chi connectivity index (χ2v) is 6.39. The Morgan fingerprint density at radius 3 is 2.69 bits per heavy atom. The normalized spacial score (nSPS) is 11.2. The van der Waals surface area contributed by atoms with E-state index in [1.165, 1.54) is 17.9 Å². The number of fused-ring (bicyclic) bond motifs is 2. The van der Waals surface area contributed by atoms with Gasteiger partial charge in [0.25, 0.3) is 0 Å². The number of carbonyl (C=O) groups excluding carboxylic acids is 1. The first-order valence-corrected chi connectivity index (χ1v) is 8.67. The van der Waals surface area contributed by atoms with Crippen molar-refractivity contribution in [2.75, 3.05) is 13.7 Å². The molecule has 2 heterocycles. The maximum absolute atomic E-state index is 11.3. The largest absolute Gasteiger partial charge is 0.497 e. The molecule has 0 atom stereocenters. The molecule has 0 aliphatic rings.